The monoisotopic (exact) mass is 133 g/mol. The number of rotatable bonds is 2. The molecule has 1 rings (SSSR count). The molecule has 0 unspecified atom stereocenters. The molecule has 0 atom stereocenters. The van der Waals surface area contributed by atoms with Crippen LogP contribution in [0.2, 0.25) is 0 Å². The zero-order chi connectivity index (χ0) is 7.40. The Morgan fingerprint density at radius 1 is 1.70 bits per heavy atom. The third-order valence-corrected chi connectivity index (χ3v) is 1.10. The van der Waals surface area contributed by atoms with Gasteiger partial charge in [-0.15, -0.1) is 0 Å². The summed E-state index contributed by atoms with van der Waals surface area (Å²) in [6.45, 7) is 4.96. The first-order valence-electron chi connectivity index (χ1n) is 2.96. The van der Waals surface area contributed by atoms with Crippen molar-refractivity contribution in [2.45, 2.75) is 6.42 Å². The fourth-order valence-electron chi connectivity index (χ4n) is 0.704. The second-order valence-corrected chi connectivity index (χ2v) is 2.00. The fraction of sp³-hybridized carbons (Fsp3) is 0.125. The first-order chi connectivity index (χ1) is 4.79. The van der Waals surface area contributed by atoms with Crippen LogP contribution in [0.1, 0.15) is 5.56 Å². The fourth-order valence-corrected chi connectivity index (χ4v) is 0.704. The van der Waals surface area contributed by atoms with Crippen molar-refractivity contribution in [2.24, 2.45) is 0 Å². The Kier molecular flexibility index (Phi) is 2.15. The Labute approximate surface area is 59.9 Å². The lowest BCUT2D eigenvalue weighted by Gasteiger charge is -1.92. The molecule has 0 aliphatic carbocycles. The Bertz CT molecular complexity index is 218. The molecule has 2 radical (unpaired) electrons. The number of nitrogens with zero attached hydrogens (tertiary/aromatic N) is 1. The second kappa shape index (κ2) is 3.11. The third-order valence-electron chi connectivity index (χ3n) is 1.10. The van der Waals surface area contributed by atoms with Crippen LogP contribution in [-0.2, 0) is 11.2 Å². The van der Waals surface area contributed by atoms with Gasteiger partial charge in [-0.2, -0.15) is 0 Å². The smallest absolute Gasteiger partial charge is 0.141 e. The summed E-state index contributed by atoms with van der Waals surface area (Å²) < 4.78 is 0. The maximum absolute atomic E-state index is 10.4. The standard InChI is InChI=1S/C8H7NO/c1-7(10)5-8-3-2-4-9-6-8/h1-4,6H,5H2. The largest absolute Gasteiger partial charge is 0.299 e. The van der Waals surface area contributed by atoms with Crippen LogP contribution in [0.5, 0.6) is 0 Å². The predicted molar refractivity (Wildman–Crippen MR) is 37.2 cm³/mol. The molecule has 0 saturated carbocycles. The van der Waals surface area contributed by atoms with Crippen molar-refractivity contribution in [3.05, 3.63) is 37.0 Å². The van der Waals surface area contributed by atoms with Gasteiger partial charge in [0.2, 0.25) is 0 Å². The molecule has 0 aliphatic heterocycles. The zero-order valence-corrected chi connectivity index (χ0v) is 5.45. The zero-order valence-electron chi connectivity index (χ0n) is 5.45. The van der Waals surface area contributed by atoms with Crippen LogP contribution >= 0.6 is 0 Å². The average Bonchev–Trinajstić information content (AvgIpc) is 1.88. The van der Waals surface area contributed by atoms with Crippen LogP contribution in [-0.4, -0.2) is 10.8 Å². The van der Waals surface area contributed by atoms with Crippen LogP contribution in [0.4, 0.5) is 0 Å². The van der Waals surface area contributed by atoms with Gasteiger partial charge in [0.05, 0.1) is 0 Å². The maximum Gasteiger partial charge on any atom is 0.141 e. The van der Waals surface area contributed by atoms with E-state index in [-0.39, 0.29) is 12.2 Å². The van der Waals surface area contributed by atoms with Crippen LogP contribution in [0.25, 0.3) is 0 Å². The summed E-state index contributed by atoms with van der Waals surface area (Å²) in [5.41, 5.74) is 0.856. The Morgan fingerprint density at radius 3 is 3.00 bits per heavy atom. The van der Waals surface area contributed by atoms with E-state index in [1.165, 1.54) is 0 Å². The first-order valence-corrected chi connectivity index (χ1v) is 2.96. The van der Waals surface area contributed by atoms with E-state index in [1.807, 2.05) is 6.07 Å². The number of ketones is 1. The van der Waals surface area contributed by atoms with E-state index >= 15 is 0 Å². The molecule has 2 heteroatoms. The van der Waals surface area contributed by atoms with Gasteiger partial charge in [0.1, 0.15) is 5.78 Å². The summed E-state index contributed by atoms with van der Waals surface area (Å²) in [6, 6.07) is 3.59. The molecule has 1 aromatic rings. The van der Waals surface area contributed by atoms with Crippen molar-refractivity contribution in [3.8, 4) is 0 Å². The molecule has 0 aliphatic rings. The van der Waals surface area contributed by atoms with Gasteiger partial charge >= 0.3 is 0 Å². The van der Waals surface area contributed by atoms with Crippen molar-refractivity contribution in [1.29, 1.82) is 0 Å². The molecule has 50 valence electrons. The highest BCUT2D eigenvalue weighted by atomic mass is 16.1. The van der Waals surface area contributed by atoms with E-state index in [0.29, 0.717) is 0 Å². The molecule has 0 amide bonds. The quantitative estimate of drug-likeness (QED) is 0.600. The number of carbonyl (C=O) groups is 1. The normalized spacial score (nSPS) is 9.30. The topological polar surface area (TPSA) is 30.0 Å². The molecule has 0 fully saturated rings. The Hall–Kier alpha value is -1.18. The van der Waals surface area contributed by atoms with Crippen molar-refractivity contribution in [3.63, 3.8) is 0 Å². The number of carbonyl (C=O) groups excluding carboxylic acids is 1. The van der Waals surface area contributed by atoms with Crippen LogP contribution in [0.3, 0.4) is 0 Å². The van der Waals surface area contributed by atoms with E-state index in [9.17, 15) is 4.79 Å². The number of Topliss-reactive ketones (excluding diaryl/α,β-unsaturated/α-hetero) is 1. The van der Waals surface area contributed by atoms with Gasteiger partial charge in [0, 0.05) is 25.7 Å². The van der Waals surface area contributed by atoms with Gasteiger partial charge in [-0.1, -0.05) is 6.07 Å². The number of hydrogen-bond donors (Lipinski definition) is 0. The molecule has 1 aromatic heterocycles. The SMILES string of the molecule is [CH]C(=O)Cc1cccnc1. The third kappa shape index (κ3) is 1.97. The van der Waals surface area contributed by atoms with Crippen LogP contribution in [0, 0.1) is 6.92 Å². The summed E-state index contributed by atoms with van der Waals surface area (Å²) in [5.74, 6) is -0.326. The summed E-state index contributed by atoms with van der Waals surface area (Å²) in [4.78, 5) is 14.2. The Morgan fingerprint density at radius 2 is 2.50 bits per heavy atom. The molecular weight excluding hydrogens is 126 g/mol. The lowest BCUT2D eigenvalue weighted by atomic mass is 10.2. The summed E-state index contributed by atoms with van der Waals surface area (Å²) >= 11 is 0. The van der Waals surface area contributed by atoms with Crippen molar-refractivity contribution in [2.75, 3.05) is 0 Å². The molecule has 0 spiro atoms. The second-order valence-electron chi connectivity index (χ2n) is 2.00. The van der Waals surface area contributed by atoms with Crippen LogP contribution in [0.15, 0.2) is 24.5 Å². The maximum atomic E-state index is 10.4. The predicted octanol–water partition coefficient (Wildman–Crippen LogP) is 0.904. The molecule has 0 aromatic carbocycles. The minimum atomic E-state index is -0.326. The molecule has 0 N–H and O–H groups in total. The van der Waals surface area contributed by atoms with E-state index < -0.39 is 0 Å². The van der Waals surface area contributed by atoms with E-state index in [0.717, 1.165) is 5.56 Å². The molecular formula is C8H7NO. The van der Waals surface area contributed by atoms with Gasteiger partial charge in [-0.25, -0.2) is 0 Å². The van der Waals surface area contributed by atoms with Crippen molar-refractivity contribution < 1.29 is 4.79 Å². The van der Waals surface area contributed by atoms with Gasteiger partial charge in [-0.3, -0.25) is 9.78 Å². The van der Waals surface area contributed by atoms with Crippen molar-refractivity contribution >= 4 is 5.78 Å². The summed E-state index contributed by atoms with van der Waals surface area (Å²) in [7, 11) is 0. The van der Waals surface area contributed by atoms with Gasteiger partial charge in [0.15, 0.2) is 0 Å². The number of aromatic nitrogens is 1. The van der Waals surface area contributed by atoms with Gasteiger partial charge in [0.25, 0.3) is 0 Å². The first kappa shape index (κ1) is 6.93. The van der Waals surface area contributed by atoms with Gasteiger partial charge in [-0.05, 0) is 11.6 Å². The molecule has 10 heavy (non-hydrogen) atoms. The average molecular weight is 133 g/mol. The summed E-state index contributed by atoms with van der Waals surface area (Å²) in [5, 5.41) is 0. The van der Waals surface area contributed by atoms with Gasteiger partial charge < -0.3 is 0 Å². The van der Waals surface area contributed by atoms with Crippen LogP contribution < -0.4 is 0 Å². The van der Waals surface area contributed by atoms with E-state index in [4.69, 9.17) is 6.92 Å². The molecule has 0 bridgehead atoms. The highest BCUT2D eigenvalue weighted by Crippen LogP contribution is 1.96. The Balaban J connectivity index is 2.67. The van der Waals surface area contributed by atoms with E-state index in [2.05, 4.69) is 4.98 Å². The van der Waals surface area contributed by atoms with Crippen molar-refractivity contribution in [1.82, 2.24) is 4.98 Å². The number of hydrogen-bond acceptors (Lipinski definition) is 2. The van der Waals surface area contributed by atoms with E-state index in [1.54, 1.807) is 18.5 Å². The molecule has 1 heterocycles. The molecule has 2 nitrogen and oxygen atoms in total. The minimum Gasteiger partial charge on any atom is -0.299 e. The lowest BCUT2D eigenvalue weighted by molar-refractivity contribution is -0.114. The highest BCUT2D eigenvalue weighted by molar-refractivity contribution is 5.84. The summed E-state index contributed by atoms with van der Waals surface area (Å²) in [6.07, 6.45) is 3.56. The molecule has 0 saturated heterocycles. The number of pyridine rings is 1. The lowest BCUT2D eigenvalue weighted by Crippen LogP contribution is -1.96. The highest BCUT2D eigenvalue weighted by Gasteiger charge is 1.94. The minimum absolute atomic E-state index is 0.272.